The molecule has 1 aromatic heterocycles. The van der Waals surface area contributed by atoms with Crippen LogP contribution in [0.5, 0.6) is 0 Å². The molecule has 1 heterocycles. The van der Waals surface area contributed by atoms with Crippen LogP contribution < -0.4 is 4.90 Å². The van der Waals surface area contributed by atoms with E-state index in [1.807, 2.05) is 0 Å². The summed E-state index contributed by atoms with van der Waals surface area (Å²) in [5.41, 5.74) is -1.44. The van der Waals surface area contributed by atoms with Crippen molar-refractivity contribution in [3.63, 3.8) is 0 Å². The molecule has 0 aliphatic carbocycles. The zero-order valence-corrected chi connectivity index (χ0v) is 10.7. The number of carbonyl (C=O) groups excluding carboxylic acids is 1. The number of aliphatic carboxylic acids is 1. The zero-order chi connectivity index (χ0) is 12.5. The van der Waals surface area contributed by atoms with E-state index in [4.69, 9.17) is 16.7 Å². The lowest BCUT2D eigenvalue weighted by atomic mass is 9.92. The minimum absolute atomic E-state index is 0.474. The Morgan fingerprint density at radius 3 is 2.38 bits per heavy atom. The van der Waals surface area contributed by atoms with E-state index in [0.717, 1.165) is 0 Å². The van der Waals surface area contributed by atoms with Crippen molar-refractivity contribution in [2.45, 2.75) is 13.8 Å². The number of carboxylic acids is 1. The van der Waals surface area contributed by atoms with E-state index in [9.17, 15) is 9.59 Å². The Kier molecular flexibility index (Phi) is 3.60. The number of nitrogens with zero attached hydrogens (tertiary/aromatic N) is 1. The topological polar surface area (TPSA) is 57.6 Å². The Labute approximate surface area is 102 Å². The highest BCUT2D eigenvalue weighted by molar-refractivity contribution is 7.20. The van der Waals surface area contributed by atoms with E-state index >= 15 is 0 Å². The molecule has 16 heavy (non-hydrogen) atoms. The van der Waals surface area contributed by atoms with Crippen LogP contribution in [-0.4, -0.2) is 24.0 Å². The van der Waals surface area contributed by atoms with E-state index in [-0.39, 0.29) is 0 Å². The molecule has 0 aliphatic heterocycles. The van der Waals surface area contributed by atoms with Gasteiger partial charge in [0.1, 0.15) is 5.41 Å². The molecule has 0 saturated heterocycles. The number of rotatable bonds is 3. The Morgan fingerprint density at radius 2 is 2.00 bits per heavy atom. The largest absolute Gasteiger partial charge is 0.480 e. The monoisotopic (exact) mass is 261 g/mol. The Balaban J connectivity index is 2.95. The number of thiophene rings is 1. The number of halogens is 1. The van der Waals surface area contributed by atoms with Crippen molar-refractivity contribution in [3.8, 4) is 0 Å². The predicted octanol–water partition coefficient (Wildman–Crippen LogP) is 2.48. The molecular weight excluding hydrogens is 250 g/mol. The van der Waals surface area contributed by atoms with Gasteiger partial charge < -0.3 is 10.0 Å². The van der Waals surface area contributed by atoms with Crippen LogP contribution in [0, 0.1) is 5.41 Å². The van der Waals surface area contributed by atoms with Crippen LogP contribution in [0.25, 0.3) is 0 Å². The van der Waals surface area contributed by atoms with Crippen molar-refractivity contribution in [2.75, 3.05) is 11.9 Å². The van der Waals surface area contributed by atoms with Crippen LogP contribution in [-0.2, 0) is 9.59 Å². The van der Waals surface area contributed by atoms with Gasteiger partial charge in [-0.2, -0.15) is 0 Å². The highest BCUT2D eigenvalue weighted by atomic mass is 35.5. The van der Waals surface area contributed by atoms with Crippen molar-refractivity contribution in [2.24, 2.45) is 5.41 Å². The molecule has 88 valence electrons. The second-order valence-corrected chi connectivity index (χ2v) is 5.57. The number of anilines is 1. The summed E-state index contributed by atoms with van der Waals surface area (Å²) < 4.78 is 0.558. The lowest BCUT2D eigenvalue weighted by molar-refractivity contribution is -0.152. The van der Waals surface area contributed by atoms with Crippen LogP contribution in [0.1, 0.15) is 13.8 Å². The quantitative estimate of drug-likeness (QED) is 0.851. The van der Waals surface area contributed by atoms with Gasteiger partial charge in [0.05, 0.1) is 9.34 Å². The third-order valence-corrected chi connectivity index (χ3v) is 3.57. The molecule has 0 unspecified atom stereocenters. The highest BCUT2D eigenvalue weighted by Gasteiger charge is 2.38. The molecule has 4 nitrogen and oxygen atoms in total. The van der Waals surface area contributed by atoms with Crippen LogP contribution in [0.4, 0.5) is 5.00 Å². The first-order chi connectivity index (χ1) is 7.26. The van der Waals surface area contributed by atoms with Gasteiger partial charge in [-0.15, -0.1) is 11.3 Å². The van der Waals surface area contributed by atoms with Gasteiger partial charge in [0, 0.05) is 7.05 Å². The molecule has 0 atom stereocenters. The van der Waals surface area contributed by atoms with Gasteiger partial charge in [-0.3, -0.25) is 9.59 Å². The zero-order valence-electron chi connectivity index (χ0n) is 9.15. The second kappa shape index (κ2) is 4.43. The number of hydrogen-bond donors (Lipinski definition) is 1. The minimum atomic E-state index is -1.44. The van der Waals surface area contributed by atoms with E-state index in [2.05, 4.69) is 0 Å². The van der Waals surface area contributed by atoms with Crippen molar-refractivity contribution in [3.05, 3.63) is 16.5 Å². The molecule has 0 spiro atoms. The molecule has 0 bridgehead atoms. The van der Waals surface area contributed by atoms with E-state index in [1.54, 1.807) is 12.1 Å². The van der Waals surface area contributed by atoms with Gasteiger partial charge in [0.15, 0.2) is 0 Å². The first-order valence-corrected chi connectivity index (χ1v) is 5.73. The molecule has 0 aliphatic rings. The van der Waals surface area contributed by atoms with Crippen LogP contribution >= 0.6 is 22.9 Å². The highest BCUT2D eigenvalue weighted by Crippen LogP contribution is 2.31. The Bertz CT molecular complexity index is 427. The summed E-state index contributed by atoms with van der Waals surface area (Å²) in [6, 6.07) is 3.35. The first kappa shape index (κ1) is 13.0. The average molecular weight is 262 g/mol. The van der Waals surface area contributed by atoms with Gasteiger partial charge in [0.2, 0.25) is 5.91 Å². The van der Waals surface area contributed by atoms with Gasteiger partial charge in [0.25, 0.3) is 0 Å². The maximum absolute atomic E-state index is 11.9. The van der Waals surface area contributed by atoms with Crippen LogP contribution in [0.3, 0.4) is 0 Å². The third kappa shape index (κ3) is 2.36. The fraction of sp³-hybridized carbons (Fsp3) is 0.400. The lowest BCUT2D eigenvalue weighted by Gasteiger charge is -2.24. The molecule has 6 heteroatoms. The molecule has 1 amide bonds. The number of amides is 1. The lowest BCUT2D eigenvalue weighted by Crippen LogP contribution is -2.43. The smallest absolute Gasteiger partial charge is 0.318 e. The maximum Gasteiger partial charge on any atom is 0.318 e. The Hall–Kier alpha value is -1.07. The summed E-state index contributed by atoms with van der Waals surface area (Å²) in [7, 11) is 1.54. The molecular formula is C10H12ClNO3S. The first-order valence-electron chi connectivity index (χ1n) is 4.53. The van der Waals surface area contributed by atoms with E-state index in [1.165, 1.54) is 37.1 Å². The van der Waals surface area contributed by atoms with E-state index < -0.39 is 17.3 Å². The van der Waals surface area contributed by atoms with Gasteiger partial charge in [-0.25, -0.2) is 0 Å². The average Bonchev–Trinajstić information content (AvgIpc) is 2.62. The van der Waals surface area contributed by atoms with Crippen molar-refractivity contribution in [1.82, 2.24) is 0 Å². The SMILES string of the molecule is CN(C(=O)C(C)(C)C(=O)O)c1ccc(Cl)s1. The fourth-order valence-corrected chi connectivity index (χ4v) is 2.09. The predicted molar refractivity (Wildman–Crippen MR) is 64.2 cm³/mol. The summed E-state index contributed by atoms with van der Waals surface area (Å²) in [6.07, 6.45) is 0. The van der Waals surface area contributed by atoms with Gasteiger partial charge in [-0.05, 0) is 26.0 Å². The summed E-state index contributed by atoms with van der Waals surface area (Å²) in [6.45, 7) is 2.76. The van der Waals surface area contributed by atoms with Crippen molar-refractivity contribution in [1.29, 1.82) is 0 Å². The second-order valence-electron chi connectivity index (χ2n) is 3.87. The normalized spacial score (nSPS) is 11.2. The number of carbonyl (C=O) groups is 2. The number of carboxylic acid groups (broad SMARTS) is 1. The summed E-state index contributed by atoms with van der Waals surface area (Å²) in [4.78, 5) is 24.2. The molecule has 0 aromatic carbocycles. The number of hydrogen-bond acceptors (Lipinski definition) is 3. The molecule has 0 fully saturated rings. The minimum Gasteiger partial charge on any atom is -0.480 e. The standard InChI is InChI=1S/C10H12ClNO3S/c1-10(2,9(14)15)8(13)12(3)7-5-4-6(11)16-7/h4-5H,1-3H3,(H,14,15). The third-order valence-electron chi connectivity index (χ3n) is 2.26. The summed E-state index contributed by atoms with van der Waals surface area (Å²) in [5.74, 6) is -1.62. The van der Waals surface area contributed by atoms with Gasteiger partial charge in [-0.1, -0.05) is 11.6 Å². The Morgan fingerprint density at radius 1 is 1.44 bits per heavy atom. The molecule has 1 rings (SSSR count). The fourth-order valence-electron chi connectivity index (χ4n) is 1.10. The van der Waals surface area contributed by atoms with E-state index in [0.29, 0.717) is 9.34 Å². The molecule has 1 N–H and O–H groups in total. The van der Waals surface area contributed by atoms with Gasteiger partial charge >= 0.3 is 5.97 Å². The van der Waals surface area contributed by atoms with Crippen molar-refractivity contribution >= 4 is 39.8 Å². The van der Waals surface area contributed by atoms with Crippen LogP contribution in [0.2, 0.25) is 4.34 Å². The molecule has 0 saturated carbocycles. The summed E-state index contributed by atoms with van der Waals surface area (Å²) in [5, 5.41) is 9.57. The molecule has 1 aromatic rings. The van der Waals surface area contributed by atoms with Crippen molar-refractivity contribution < 1.29 is 14.7 Å². The molecule has 0 radical (unpaired) electrons. The summed E-state index contributed by atoms with van der Waals surface area (Å²) >= 11 is 6.98. The van der Waals surface area contributed by atoms with Crippen LogP contribution in [0.15, 0.2) is 12.1 Å². The maximum atomic E-state index is 11.9.